The van der Waals surface area contributed by atoms with E-state index in [0.29, 0.717) is 50.7 Å². The van der Waals surface area contributed by atoms with Crippen molar-refractivity contribution in [3.05, 3.63) is 81.8 Å². The molecule has 0 bridgehead atoms. The summed E-state index contributed by atoms with van der Waals surface area (Å²) in [7, 11) is -3.83. The van der Waals surface area contributed by atoms with Crippen molar-refractivity contribution >= 4 is 67.2 Å². The zero-order chi connectivity index (χ0) is 29.3. The van der Waals surface area contributed by atoms with Crippen molar-refractivity contribution in [1.82, 2.24) is 10.2 Å². The van der Waals surface area contributed by atoms with Crippen LogP contribution in [0.3, 0.4) is 0 Å². The van der Waals surface area contributed by atoms with Crippen molar-refractivity contribution in [2.75, 3.05) is 16.0 Å². The molecule has 0 fully saturated rings. The Bertz CT molecular complexity index is 1740. The van der Waals surface area contributed by atoms with Crippen LogP contribution in [0.25, 0.3) is 0 Å². The van der Waals surface area contributed by atoms with Gasteiger partial charge in [0.05, 0.1) is 28.2 Å². The lowest BCUT2D eigenvalue weighted by atomic mass is 9.76. The molecule has 1 atom stereocenters. The van der Waals surface area contributed by atoms with Crippen molar-refractivity contribution in [1.29, 1.82) is 5.26 Å². The third-order valence-corrected chi connectivity index (χ3v) is 9.72. The number of rotatable bonds is 7. The van der Waals surface area contributed by atoms with Gasteiger partial charge < -0.3 is 11.1 Å². The summed E-state index contributed by atoms with van der Waals surface area (Å²) in [5.74, 6) is -0.821. The molecule has 0 saturated carbocycles. The van der Waals surface area contributed by atoms with Crippen LogP contribution >= 0.6 is 34.7 Å². The number of nitrogens with zero attached hydrogens (tertiary/aromatic N) is 4. The fraction of sp³-hybridized carbons (Fsp3) is 0.192. The van der Waals surface area contributed by atoms with E-state index in [9.17, 15) is 23.3 Å². The van der Waals surface area contributed by atoms with Crippen LogP contribution in [-0.4, -0.2) is 36.1 Å². The molecule has 3 aromatic rings. The molecule has 210 valence electrons. The molecule has 2 aliphatic rings. The number of hydrogen-bond acceptors (Lipinski definition) is 11. The average Bonchev–Trinajstić information content (AvgIpc) is 3.40. The highest BCUT2D eigenvalue weighted by molar-refractivity contribution is 8.01. The molecule has 0 spiro atoms. The number of thioether (sulfide) groups is 1. The van der Waals surface area contributed by atoms with Crippen LogP contribution in [-0.2, 0) is 19.6 Å². The second-order valence-electron chi connectivity index (χ2n) is 9.12. The lowest BCUT2D eigenvalue weighted by Crippen LogP contribution is -2.38. The van der Waals surface area contributed by atoms with Crippen LogP contribution in [0, 0.1) is 11.3 Å². The predicted molar refractivity (Wildman–Crippen MR) is 156 cm³/mol. The molecule has 0 saturated heterocycles. The third kappa shape index (κ3) is 5.99. The Morgan fingerprint density at radius 1 is 1.17 bits per heavy atom. The molecule has 2 heterocycles. The number of sulfonamides is 1. The average molecular weight is 628 g/mol. The standard InChI is InChI=1S/C26H22ClN7O4S3/c27-15-6-4-14(5-7-15)22-18(12-28)24(29)34(19-2-1-3-20(35)23(19)22)25-32-33-26(40-25)39-13-21(36)31-16-8-10-17(11-9-16)41(30,37)38/h4-11,22H,1-3,13,29H2,(H,31,36)(H2,30,37,38). The van der Waals surface area contributed by atoms with Gasteiger partial charge in [-0.05, 0) is 54.8 Å². The first-order chi connectivity index (χ1) is 19.6. The predicted octanol–water partition coefficient (Wildman–Crippen LogP) is 3.87. The van der Waals surface area contributed by atoms with E-state index in [4.69, 9.17) is 22.5 Å². The maximum absolute atomic E-state index is 13.2. The molecule has 2 aromatic carbocycles. The molecule has 5 N–H and O–H groups in total. The summed E-state index contributed by atoms with van der Waals surface area (Å²) in [5, 5.41) is 27.3. The van der Waals surface area contributed by atoms with Crippen molar-refractivity contribution in [2.45, 2.75) is 34.4 Å². The molecule has 1 unspecified atom stereocenters. The molecule has 0 radical (unpaired) electrons. The van der Waals surface area contributed by atoms with Gasteiger partial charge in [-0.25, -0.2) is 13.6 Å². The van der Waals surface area contributed by atoms with Crippen LogP contribution in [0.1, 0.15) is 30.7 Å². The molecule has 11 nitrogen and oxygen atoms in total. The van der Waals surface area contributed by atoms with Crippen molar-refractivity contribution in [2.24, 2.45) is 10.9 Å². The molecule has 5 rings (SSSR count). The summed E-state index contributed by atoms with van der Waals surface area (Å²) in [5.41, 5.74) is 9.16. The smallest absolute Gasteiger partial charge is 0.238 e. The SMILES string of the molecule is N#CC1=C(N)N(c2nnc(SCC(=O)Nc3ccc(S(N)(=O)=O)cc3)s2)C2=C(C(=O)CCC2)C1c1ccc(Cl)cc1. The zero-order valence-corrected chi connectivity index (χ0v) is 24.4. The van der Waals surface area contributed by atoms with Crippen molar-refractivity contribution < 1.29 is 18.0 Å². The Hall–Kier alpha value is -3.74. The number of amides is 1. The largest absolute Gasteiger partial charge is 0.384 e. The topological polar surface area (TPSA) is 185 Å². The van der Waals surface area contributed by atoms with Crippen LogP contribution in [0.4, 0.5) is 10.8 Å². The van der Waals surface area contributed by atoms with E-state index >= 15 is 0 Å². The number of halogens is 1. The van der Waals surface area contributed by atoms with Gasteiger partial charge in [0.15, 0.2) is 10.1 Å². The number of carbonyl (C=O) groups is 2. The first kappa shape index (κ1) is 28.8. The fourth-order valence-electron chi connectivity index (χ4n) is 4.70. The first-order valence-corrected chi connectivity index (χ1v) is 15.9. The normalized spacial score (nSPS) is 17.3. The molecular formula is C26H22ClN7O4S3. The fourth-order valence-corrected chi connectivity index (χ4v) is 7.02. The number of nitrogens with one attached hydrogen (secondary N) is 1. The molecule has 1 aromatic heterocycles. The first-order valence-electron chi connectivity index (χ1n) is 12.2. The minimum atomic E-state index is -3.83. The summed E-state index contributed by atoms with van der Waals surface area (Å²) in [6.07, 6.45) is 1.57. The number of benzene rings is 2. The number of nitriles is 1. The number of ketones is 1. The minimum Gasteiger partial charge on any atom is -0.384 e. The number of nitrogens with two attached hydrogens (primary N) is 2. The Morgan fingerprint density at radius 3 is 2.54 bits per heavy atom. The molecular weight excluding hydrogens is 606 g/mol. The number of anilines is 2. The second-order valence-corrected chi connectivity index (χ2v) is 13.3. The highest BCUT2D eigenvalue weighted by atomic mass is 35.5. The van der Waals surface area contributed by atoms with E-state index in [1.54, 1.807) is 29.2 Å². The molecule has 1 aliphatic heterocycles. The number of aromatic nitrogens is 2. The summed E-state index contributed by atoms with van der Waals surface area (Å²) in [4.78, 5) is 27.3. The van der Waals surface area contributed by atoms with Gasteiger partial charge >= 0.3 is 0 Å². The molecule has 1 aliphatic carbocycles. The summed E-state index contributed by atoms with van der Waals surface area (Å²) < 4.78 is 23.3. The number of allylic oxidation sites excluding steroid dienone is 3. The molecule has 1 amide bonds. The second kappa shape index (κ2) is 11.6. The third-order valence-electron chi connectivity index (χ3n) is 6.50. The van der Waals surface area contributed by atoms with E-state index in [0.717, 1.165) is 17.3 Å². The van der Waals surface area contributed by atoms with Gasteiger partial charge in [0, 0.05) is 28.4 Å². The maximum atomic E-state index is 13.2. The lowest BCUT2D eigenvalue weighted by molar-refractivity contribution is -0.116. The van der Waals surface area contributed by atoms with E-state index in [1.807, 2.05) is 0 Å². The zero-order valence-electron chi connectivity index (χ0n) is 21.2. The Balaban J connectivity index is 1.36. The summed E-state index contributed by atoms with van der Waals surface area (Å²) in [6.45, 7) is 0. The summed E-state index contributed by atoms with van der Waals surface area (Å²) in [6, 6.07) is 14.7. The highest BCUT2D eigenvalue weighted by Crippen LogP contribution is 2.47. The van der Waals surface area contributed by atoms with Gasteiger partial charge in [-0.15, -0.1) is 10.2 Å². The Morgan fingerprint density at radius 2 is 1.88 bits per heavy atom. The maximum Gasteiger partial charge on any atom is 0.238 e. The van der Waals surface area contributed by atoms with Crippen molar-refractivity contribution in [3.8, 4) is 6.07 Å². The monoisotopic (exact) mass is 627 g/mol. The molecule has 15 heteroatoms. The number of Topliss-reactive ketones (excluding diaryl/α,β-unsaturated/α-hetero) is 1. The van der Waals surface area contributed by atoms with Crippen LogP contribution < -0.4 is 21.1 Å². The van der Waals surface area contributed by atoms with Gasteiger partial charge in [-0.1, -0.05) is 46.8 Å². The van der Waals surface area contributed by atoms with Gasteiger partial charge in [-0.3, -0.25) is 14.5 Å². The van der Waals surface area contributed by atoms with Crippen LogP contribution in [0.2, 0.25) is 5.02 Å². The highest BCUT2D eigenvalue weighted by Gasteiger charge is 2.41. The van der Waals surface area contributed by atoms with E-state index < -0.39 is 15.9 Å². The molecule has 41 heavy (non-hydrogen) atoms. The van der Waals surface area contributed by atoms with Crippen LogP contribution in [0.5, 0.6) is 0 Å². The number of primary sulfonamides is 1. The van der Waals surface area contributed by atoms with E-state index in [1.165, 1.54) is 35.6 Å². The quantitative estimate of drug-likeness (QED) is 0.325. The summed E-state index contributed by atoms with van der Waals surface area (Å²) >= 11 is 8.41. The van der Waals surface area contributed by atoms with Gasteiger partial charge in [0.2, 0.25) is 21.1 Å². The van der Waals surface area contributed by atoms with Gasteiger partial charge in [-0.2, -0.15) is 5.26 Å². The van der Waals surface area contributed by atoms with Gasteiger partial charge in [0.1, 0.15) is 5.82 Å². The van der Waals surface area contributed by atoms with E-state index in [2.05, 4.69) is 21.6 Å². The van der Waals surface area contributed by atoms with Crippen LogP contribution in [0.15, 0.2) is 80.4 Å². The van der Waals surface area contributed by atoms with Crippen molar-refractivity contribution in [3.63, 3.8) is 0 Å². The minimum absolute atomic E-state index is 0.00537. The number of carbonyl (C=O) groups excluding carboxylic acids is 2. The van der Waals surface area contributed by atoms with E-state index in [-0.39, 0.29) is 33.7 Å². The lowest BCUT2D eigenvalue weighted by Gasteiger charge is -2.38. The van der Waals surface area contributed by atoms with Gasteiger partial charge in [0.25, 0.3) is 0 Å². The number of hydrogen-bond donors (Lipinski definition) is 3. The Kier molecular flexibility index (Phi) is 8.16. The Labute approximate surface area is 248 Å².